The highest BCUT2D eigenvalue weighted by molar-refractivity contribution is 6.32. The summed E-state index contributed by atoms with van der Waals surface area (Å²) in [6.45, 7) is 4.48. The van der Waals surface area contributed by atoms with Crippen LogP contribution in [0.3, 0.4) is 0 Å². The monoisotopic (exact) mass is 308 g/mol. The van der Waals surface area contributed by atoms with Gasteiger partial charge in [0, 0.05) is 7.05 Å². The molecule has 0 atom stereocenters. The number of benzene rings is 1. The molecule has 0 radical (unpaired) electrons. The maximum absolute atomic E-state index is 6.13. The van der Waals surface area contributed by atoms with Gasteiger partial charge < -0.3 is 14.8 Å². The number of ether oxygens (including phenoxy) is 2. The van der Waals surface area contributed by atoms with Crippen LogP contribution >= 0.6 is 11.6 Å². The largest absolute Gasteiger partial charge is 0.463 e. The van der Waals surface area contributed by atoms with Crippen molar-refractivity contribution in [1.29, 1.82) is 0 Å². The molecule has 0 aliphatic carbocycles. The molecule has 0 aliphatic rings. The molecular formula is C14H17ClN4O2. The van der Waals surface area contributed by atoms with Crippen LogP contribution < -0.4 is 14.8 Å². The first-order valence-electron chi connectivity index (χ1n) is 6.63. The lowest BCUT2D eigenvalue weighted by atomic mass is 10.2. The van der Waals surface area contributed by atoms with Gasteiger partial charge in [0.15, 0.2) is 0 Å². The first-order chi connectivity index (χ1) is 10.1. The minimum absolute atomic E-state index is 0.131. The molecule has 0 fully saturated rings. The molecule has 2 aromatic rings. The number of anilines is 1. The predicted octanol–water partition coefficient (Wildman–Crippen LogP) is 3.46. The lowest BCUT2D eigenvalue weighted by Crippen LogP contribution is -2.06. The number of rotatable bonds is 6. The van der Waals surface area contributed by atoms with Crippen molar-refractivity contribution >= 4 is 17.5 Å². The minimum Gasteiger partial charge on any atom is -0.463 e. The van der Waals surface area contributed by atoms with E-state index in [1.54, 1.807) is 13.1 Å². The molecule has 0 saturated heterocycles. The van der Waals surface area contributed by atoms with E-state index in [0.29, 0.717) is 23.3 Å². The Balaban J connectivity index is 2.25. The minimum atomic E-state index is 0.131. The first-order valence-corrected chi connectivity index (χ1v) is 7.00. The van der Waals surface area contributed by atoms with E-state index in [9.17, 15) is 0 Å². The Hall–Kier alpha value is -2.08. The molecule has 0 unspecified atom stereocenters. The third-order valence-corrected chi connectivity index (χ3v) is 2.84. The van der Waals surface area contributed by atoms with E-state index in [0.717, 1.165) is 12.0 Å². The molecule has 1 aromatic heterocycles. The summed E-state index contributed by atoms with van der Waals surface area (Å²) in [6.07, 6.45) is 0.862. The number of nitrogens with one attached hydrogen (secondary N) is 1. The van der Waals surface area contributed by atoms with Gasteiger partial charge in [-0.2, -0.15) is 9.97 Å². The molecule has 1 aromatic carbocycles. The van der Waals surface area contributed by atoms with Crippen LogP contribution in [0.1, 0.15) is 18.9 Å². The second-order valence-corrected chi connectivity index (χ2v) is 4.77. The molecule has 0 amide bonds. The number of hydrogen-bond donors (Lipinski definition) is 1. The van der Waals surface area contributed by atoms with Gasteiger partial charge in [0.2, 0.25) is 5.95 Å². The van der Waals surface area contributed by atoms with Crippen LogP contribution in [0.15, 0.2) is 18.2 Å². The van der Waals surface area contributed by atoms with Crippen molar-refractivity contribution in [1.82, 2.24) is 15.0 Å². The molecule has 0 aliphatic heterocycles. The van der Waals surface area contributed by atoms with Crippen LogP contribution in [-0.4, -0.2) is 28.6 Å². The van der Waals surface area contributed by atoms with E-state index in [1.165, 1.54) is 0 Å². The van der Waals surface area contributed by atoms with Gasteiger partial charge in [-0.3, -0.25) is 0 Å². The Morgan fingerprint density at radius 2 is 1.95 bits per heavy atom. The van der Waals surface area contributed by atoms with Crippen molar-refractivity contribution in [3.8, 4) is 17.8 Å². The number of halogens is 1. The quantitative estimate of drug-likeness (QED) is 0.881. The van der Waals surface area contributed by atoms with Crippen molar-refractivity contribution in [2.75, 3.05) is 19.0 Å². The lowest BCUT2D eigenvalue weighted by molar-refractivity contribution is 0.285. The van der Waals surface area contributed by atoms with Gasteiger partial charge in [0.05, 0.1) is 11.6 Å². The van der Waals surface area contributed by atoms with Crippen LogP contribution in [0, 0.1) is 6.92 Å². The third-order valence-electron chi connectivity index (χ3n) is 2.54. The summed E-state index contributed by atoms with van der Waals surface area (Å²) in [5, 5.41) is 3.34. The third kappa shape index (κ3) is 4.19. The van der Waals surface area contributed by atoms with Crippen molar-refractivity contribution in [3.05, 3.63) is 28.8 Å². The van der Waals surface area contributed by atoms with Gasteiger partial charge in [0.25, 0.3) is 0 Å². The molecule has 21 heavy (non-hydrogen) atoms. The summed E-state index contributed by atoms with van der Waals surface area (Å²) in [6, 6.07) is 5.83. The molecule has 6 nitrogen and oxygen atoms in total. The second-order valence-electron chi connectivity index (χ2n) is 4.36. The van der Waals surface area contributed by atoms with Crippen molar-refractivity contribution < 1.29 is 9.47 Å². The maximum Gasteiger partial charge on any atom is 0.330 e. The van der Waals surface area contributed by atoms with Gasteiger partial charge in [-0.05, 0) is 31.0 Å². The maximum atomic E-state index is 6.13. The molecule has 2 rings (SSSR count). The van der Waals surface area contributed by atoms with E-state index in [1.807, 2.05) is 26.0 Å². The van der Waals surface area contributed by atoms with Crippen LogP contribution in [0.25, 0.3) is 0 Å². The molecule has 1 heterocycles. The van der Waals surface area contributed by atoms with Crippen molar-refractivity contribution in [3.63, 3.8) is 0 Å². The predicted molar refractivity (Wildman–Crippen MR) is 81.4 cm³/mol. The van der Waals surface area contributed by atoms with Crippen molar-refractivity contribution in [2.24, 2.45) is 0 Å². The number of aryl methyl sites for hydroxylation is 1. The van der Waals surface area contributed by atoms with Gasteiger partial charge in [-0.15, -0.1) is 4.98 Å². The van der Waals surface area contributed by atoms with Gasteiger partial charge in [-0.1, -0.05) is 24.6 Å². The standard InChI is InChI=1S/C14H17ClN4O2/c1-4-7-20-13-17-12(16-3)18-14(19-13)21-11-6-5-9(2)8-10(11)15/h5-6,8H,4,7H2,1-3H3,(H,16,17,18,19). The zero-order valence-corrected chi connectivity index (χ0v) is 12.9. The van der Waals surface area contributed by atoms with Crippen LogP contribution in [0.5, 0.6) is 17.8 Å². The van der Waals surface area contributed by atoms with Crippen LogP contribution in [-0.2, 0) is 0 Å². The zero-order valence-electron chi connectivity index (χ0n) is 12.2. The summed E-state index contributed by atoms with van der Waals surface area (Å²) >= 11 is 6.13. The molecule has 0 bridgehead atoms. The smallest absolute Gasteiger partial charge is 0.330 e. The first kappa shape index (κ1) is 15.3. The average Bonchev–Trinajstić information content (AvgIpc) is 2.48. The highest BCUT2D eigenvalue weighted by Crippen LogP contribution is 2.29. The SMILES string of the molecule is CCCOc1nc(NC)nc(Oc2ccc(C)cc2Cl)n1. The van der Waals surface area contributed by atoms with Gasteiger partial charge in [0.1, 0.15) is 5.75 Å². The molecule has 112 valence electrons. The van der Waals surface area contributed by atoms with Crippen LogP contribution in [0.4, 0.5) is 5.95 Å². The topological polar surface area (TPSA) is 69.2 Å². The molecule has 7 heteroatoms. The Morgan fingerprint density at radius 1 is 1.19 bits per heavy atom. The van der Waals surface area contributed by atoms with Gasteiger partial charge in [-0.25, -0.2) is 0 Å². The summed E-state index contributed by atoms with van der Waals surface area (Å²) in [7, 11) is 1.71. The van der Waals surface area contributed by atoms with E-state index >= 15 is 0 Å². The average molecular weight is 309 g/mol. The molecule has 0 spiro atoms. The second kappa shape index (κ2) is 7.08. The fourth-order valence-electron chi connectivity index (χ4n) is 1.54. The molecule has 0 saturated carbocycles. The summed E-state index contributed by atoms with van der Waals surface area (Å²) in [5.41, 5.74) is 1.05. The highest BCUT2D eigenvalue weighted by atomic mass is 35.5. The summed E-state index contributed by atoms with van der Waals surface area (Å²) < 4.78 is 11.0. The number of nitrogens with zero attached hydrogens (tertiary/aromatic N) is 3. The molecular weight excluding hydrogens is 292 g/mol. The summed E-state index contributed by atoms with van der Waals surface area (Å²) in [4.78, 5) is 12.3. The highest BCUT2D eigenvalue weighted by Gasteiger charge is 2.10. The van der Waals surface area contributed by atoms with Crippen LogP contribution in [0.2, 0.25) is 5.02 Å². The van der Waals surface area contributed by atoms with E-state index < -0.39 is 0 Å². The van der Waals surface area contributed by atoms with Crippen molar-refractivity contribution in [2.45, 2.75) is 20.3 Å². The van der Waals surface area contributed by atoms with Gasteiger partial charge >= 0.3 is 12.0 Å². The van der Waals surface area contributed by atoms with E-state index in [2.05, 4.69) is 20.3 Å². The fraction of sp³-hybridized carbons (Fsp3) is 0.357. The molecule has 1 N–H and O–H groups in total. The Labute approximate surface area is 128 Å². The fourth-order valence-corrected chi connectivity index (χ4v) is 1.81. The zero-order chi connectivity index (χ0) is 15.2. The Morgan fingerprint density at radius 3 is 2.62 bits per heavy atom. The van der Waals surface area contributed by atoms with E-state index in [4.69, 9.17) is 21.1 Å². The van der Waals surface area contributed by atoms with E-state index in [-0.39, 0.29) is 12.0 Å². The number of hydrogen-bond acceptors (Lipinski definition) is 6. The number of aromatic nitrogens is 3. The lowest BCUT2D eigenvalue weighted by Gasteiger charge is -2.09. The Kier molecular flexibility index (Phi) is 5.16. The summed E-state index contributed by atoms with van der Waals surface area (Å²) in [5.74, 6) is 0.853. The Bertz CT molecular complexity index is 622. The normalized spacial score (nSPS) is 10.3.